The third-order valence-corrected chi connectivity index (χ3v) is 3.56. The molecule has 0 aliphatic rings. The van der Waals surface area contributed by atoms with E-state index in [0.717, 1.165) is 0 Å². The molecule has 1 aromatic heterocycles. The zero-order valence-electron chi connectivity index (χ0n) is 13.3. The molecule has 3 N–H and O–H groups in total. The Morgan fingerprint density at radius 1 is 1.39 bits per heavy atom. The van der Waals surface area contributed by atoms with Gasteiger partial charge in [0, 0.05) is 28.6 Å². The van der Waals surface area contributed by atoms with Gasteiger partial charge < -0.3 is 14.9 Å². The summed E-state index contributed by atoms with van der Waals surface area (Å²) in [5.41, 5.74) is 0.370. The first-order valence-corrected chi connectivity index (χ1v) is 7.59. The fraction of sp³-hybridized carbons (Fsp3) is 0.375. The van der Waals surface area contributed by atoms with Crippen molar-refractivity contribution in [1.82, 2.24) is 10.5 Å². The van der Waals surface area contributed by atoms with E-state index >= 15 is 0 Å². The zero-order chi connectivity index (χ0) is 17.0. The van der Waals surface area contributed by atoms with Crippen molar-refractivity contribution in [2.24, 2.45) is 0 Å². The number of nitrogens with one attached hydrogen (secondary N) is 2. The summed E-state index contributed by atoms with van der Waals surface area (Å²) in [5, 5.41) is 19.4. The highest BCUT2D eigenvalue weighted by molar-refractivity contribution is 6.31. The van der Waals surface area contributed by atoms with Gasteiger partial charge in [-0.25, -0.2) is 4.79 Å². The number of hydrogen-bond donors (Lipinski definition) is 3. The van der Waals surface area contributed by atoms with Crippen LogP contribution in [0, 0.1) is 0 Å². The number of amides is 2. The quantitative estimate of drug-likeness (QED) is 0.797. The highest BCUT2D eigenvalue weighted by Crippen LogP contribution is 2.24. The van der Waals surface area contributed by atoms with Crippen LogP contribution in [0.1, 0.15) is 38.2 Å². The number of urea groups is 1. The molecule has 0 fully saturated rings. The number of carbonyl (C=O) groups is 1. The van der Waals surface area contributed by atoms with Crippen LogP contribution >= 0.6 is 11.6 Å². The predicted octanol–water partition coefficient (Wildman–Crippen LogP) is 3.48. The van der Waals surface area contributed by atoms with Crippen molar-refractivity contribution in [3.05, 3.63) is 46.7 Å². The van der Waals surface area contributed by atoms with Crippen LogP contribution in [0.25, 0.3) is 0 Å². The number of aliphatic hydroxyl groups excluding tert-OH is 1. The van der Waals surface area contributed by atoms with Crippen molar-refractivity contribution in [2.75, 3.05) is 11.9 Å². The Morgan fingerprint density at radius 2 is 2.09 bits per heavy atom. The second-order valence-electron chi connectivity index (χ2n) is 6.20. The number of anilines is 1. The molecule has 0 radical (unpaired) electrons. The Labute approximate surface area is 139 Å². The third-order valence-electron chi connectivity index (χ3n) is 3.21. The second kappa shape index (κ2) is 7.02. The summed E-state index contributed by atoms with van der Waals surface area (Å²) in [4.78, 5) is 11.8. The molecule has 0 saturated heterocycles. The van der Waals surface area contributed by atoms with E-state index in [1.54, 1.807) is 30.3 Å². The molecule has 124 valence electrons. The van der Waals surface area contributed by atoms with Crippen LogP contribution in [-0.4, -0.2) is 22.8 Å². The number of hydrogen-bond acceptors (Lipinski definition) is 4. The highest BCUT2D eigenvalue weighted by Gasteiger charge is 2.20. The van der Waals surface area contributed by atoms with E-state index in [2.05, 4.69) is 15.8 Å². The van der Waals surface area contributed by atoms with Gasteiger partial charge in [-0.15, -0.1) is 0 Å². The van der Waals surface area contributed by atoms with E-state index in [-0.39, 0.29) is 12.0 Å². The molecule has 1 unspecified atom stereocenters. The number of aromatic nitrogens is 1. The van der Waals surface area contributed by atoms with Gasteiger partial charge in [0.05, 0.1) is 6.10 Å². The van der Waals surface area contributed by atoms with Gasteiger partial charge in [0.1, 0.15) is 5.76 Å². The van der Waals surface area contributed by atoms with Gasteiger partial charge >= 0.3 is 6.03 Å². The number of carbonyl (C=O) groups excluding carboxylic acids is 1. The van der Waals surface area contributed by atoms with Gasteiger partial charge in [-0.2, -0.15) is 0 Å². The lowest BCUT2D eigenvalue weighted by molar-refractivity contribution is 0.175. The molecular formula is C16H20ClN3O3. The van der Waals surface area contributed by atoms with Crippen molar-refractivity contribution in [3.8, 4) is 0 Å². The van der Waals surface area contributed by atoms with Gasteiger partial charge in [-0.05, 0) is 6.07 Å². The second-order valence-corrected chi connectivity index (χ2v) is 6.61. The van der Waals surface area contributed by atoms with Crippen LogP contribution in [0.5, 0.6) is 0 Å². The number of nitrogens with zero attached hydrogens (tertiary/aromatic N) is 1. The molecule has 0 bridgehead atoms. The fourth-order valence-electron chi connectivity index (χ4n) is 1.89. The monoisotopic (exact) mass is 337 g/mol. The lowest BCUT2D eigenvalue weighted by atomic mass is 9.93. The van der Waals surface area contributed by atoms with E-state index in [9.17, 15) is 9.90 Å². The summed E-state index contributed by atoms with van der Waals surface area (Å²) in [5.74, 6) is 0.989. The fourth-order valence-corrected chi connectivity index (χ4v) is 2.15. The van der Waals surface area contributed by atoms with Crippen LogP contribution in [-0.2, 0) is 5.41 Å². The van der Waals surface area contributed by atoms with Crippen molar-refractivity contribution in [1.29, 1.82) is 0 Å². The Hall–Kier alpha value is -2.05. The van der Waals surface area contributed by atoms with Gasteiger partial charge in [-0.3, -0.25) is 5.32 Å². The average molecular weight is 338 g/mol. The molecule has 0 aliphatic carbocycles. The van der Waals surface area contributed by atoms with Crippen molar-refractivity contribution < 1.29 is 14.4 Å². The Morgan fingerprint density at radius 3 is 2.70 bits per heavy atom. The van der Waals surface area contributed by atoms with Gasteiger partial charge in [0.25, 0.3) is 0 Å². The predicted molar refractivity (Wildman–Crippen MR) is 88.6 cm³/mol. The molecule has 0 spiro atoms. The third kappa shape index (κ3) is 4.71. The van der Waals surface area contributed by atoms with Crippen molar-refractivity contribution in [2.45, 2.75) is 32.3 Å². The molecule has 0 saturated carbocycles. The first-order valence-electron chi connectivity index (χ1n) is 7.22. The van der Waals surface area contributed by atoms with Crippen LogP contribution in [0.15, 0.2) is 34.9 Å². The smallest absolute Gasteiger partial charge is 0.320 e. The minimum absolute atomic E-state index is 0.0273. The zero-order valence-corrected chi connectivity index (χ0v) is 14.0. The first kappa shape index (κ1) is 17.3. The van der Waals surface area contributed by atoms with Gasteiger partial charge in [-0.1, -0.05) is 55.7 Å². The number of halogens is 1. The molecule has 1 heterocycles. The lowest BCUT2D eigenvalue weighted by Crippen LogP contribution is -2.32. The normalized spacial score (nSPS) is 12.7. The Balaban J connectivity index is 1.88. The summed E-state index contributed by atoms with van der Waals surface area (Å²) in [6.07, 6.45) is -0.892. The van der Waals surface area contributed by atoms with Crippen molar-refractivity contribution in [3.63, 3.8) is 0 Å². The first-order chi connectivity index (χ1) is 10.8. The van der Waals surface area contributed by atoms with Crippen LogP contribution in [0.3, 0.4) is 0 Å². The SMILES string of the molecule is CC(C)(C)c1cc(NC(=O)NCC(O)c2ccccc2Cl)no1. The maximum absolute atomic E-state index is 11.8. The molecule has 7 heteroatoms. The van der Waals surface area contributed by atoms with E-state index in [1.807, 2.05) is 20.8 Å². The minimum Gasteiger partial charge on any atom is -0.387 e. The average Bonchev–Trinajstić information content (AvgIpc) is 2.94. The number of aliphatic hydroxyl groups is 1. The summed E-state index contributed by atoms with van der Waals surface area (Å²) >= 11 is 6.00. The van der Waals surface area contributed by atoms with Gasteiger partial charge in [0.2, 0.25) is 0 Å². The van der Waals surface area contributed by atoms with E-state index in [1.165, 1.54) is 0 Å². The topological polar surface area (TPSA) is 87.4 Å². The summed E-state index contributed by atoms with van der Waals surface area (Å²) in [7, 11) is 0. The Bertz CT molecular complexity index is 679. The summed E-state index contributed by atoms with van der Waals surface area (Å²) < 4.78 is 5.18. The van der Waals surface area contributed by atoms with Crippen molar-refractivity contribution >= 4 is 23.4 Å². The van der Waals surface area contributed by atoms with E-state index in [0.29, 0.717) is 22.2 Å². The molecule has 1 atom stereocenters. The summed E-state index contributed by atoms with van der Waals surface area (Å²) in [6, 6.07) is 8.13. The molecule has 1 aromatic carbocycles. The Kier molecular flexibility index (Phi) is 5.28. The molecule has 0 aliphatic heterocycles. The highest BCUT2D eigenvalue weighted by atomic mass is 35.5. The van der Waals surface area contributed by atoms with Crippen LogP contribution < -0.4 is 10.6 Å². The molecule has 2 amide bonds. The molecule has 2 rings (SSSR count). The number of benzene rings is 1. The van der Waals surface area contributed by atoms with Crippen LogP contribution in [0.2, 0.25) is 5.02 Å². The van der Waals surface area contributed by atoms with E-state index in [4.69, 9.17) is 16.1 Å². The standard InChI is InChI=1S/C16H20ClN3O3/c1-16(2,3)13-8-14(20-23-13)19-15(22)18-9-12(21)10-6-4-5-7-11(10)17/h4-8,12,21H,9H2,1-3H3,(H2,18,19,20,22). The van der Waals surface area contributed by atoms with E-state index < -0.39 is 12.1 Å². The van der Waals surface area contributed by atoms with Crippen LogP contribution in [0.4, 0.5) is 10.6 Å². The lowest BCUT2D eigenvalue weighted by Gasteiger charge is -2.13. The minimum atomic E-state index is -0.892. The molecular weight excluding hydrogens is 318 g/mol. The largest absolute Gasteiger partial charge is 0.387 e. The maximum Gasteiger partial charge on any atom is 0.320 e. The summed E-state index contributed by atoms with van der Waals surface area (Å²) in [6.45, 7) is 5.98. The maximum atomic E-state index is 11.8. The number of rotatable bonds is 4. The molecule has 2 aromatic rings. The molecule has 23 heavy (non-hydrogen) atoms. The molecule has 6 nitrogen and oxygen atoms in total. The van der Waals surface area contributed by atoms with Gasteiger partial charge in [0.15, 0.2) is 5.82 Å².